The SMILES string of the molecule is CCNC(=NCc1ccc(S(C)(=O)=O)c(C)c1)NCCCOC(C)c1ccccc1.I. The molecule has 0 radical (unpaired) electrons. The highest BCUT2D eigenvalue weighted by Gasteiger charge is 2.10. The molecule has 0 aliphatic carbocycles. The number of guanidine groups is 1. The number of rotatable bonds is 10. The normalized spacial score (nSPS) is 12.7. The van der Waals surface area contributed by atoms with Gasteiger partial charge in [0.15, 0.2) is 15.8 Å². The molecule has 0 fully saturated rings. The van der Waals surface area contributed by atoms with Crippen LogP contribution in [0.3, 0.4) is 0 Å². The quantitative estimate of drug-likeness (QED) is 0.197. The summed E-state index contributed by atoms with van der Waals surface area (Å²) in [7, 11) is -3.20. The Labute approximate surface area is 203 Å². The van der Waals surface area contributed by atoms with Crippen LogP contribution in [0.4, 0.5) is 0 Å². The fourth-order valence-electron chi connectivity index (χ4n) is 3.10. The van der Waals surface area contributed by atoms with Gasteiger partial charge in [0, 0.05) is 26.0 Å². The van der Waals surface area contributed by atoms with Crippen molar-refractivity contribution in [3.05, 3.63) is 65.2 Å². The van der Waals surface area contributed by atoms with Crippen LogP contribution in [-0.2, 0) is 21.1 Å². The molecule has 0 aromatic heterocycles. The summed E-state index contributed by atoms with van der Waals surface area (Å²) in [6.07, 6.45) is 2.17. The van der Waals surface area contributed by atoms with Crippen molar-refractivity contribution < 1.29 is 13.2 Å². The van der Waals surface area contributed by atoms with E-state index >= 15 is 0 Å². The zero-order chi connectivity index (χ0) is 22.0. The molecule has 0 heterocycles. The molecule has 0 saturated heterocycles. The molecule has 8 heteroatoms. The van der Waals surface area contributed by atoms with Crippen molar-refractivity contribution in [1.29, 1.82) is 0 Å². The van der Waals surface area contributed by atoms with Gasteiger partial charge in [0.2, 0.25) is 0 Å². The first kappa shape index (κ1) is 27.4. The van der Waals surface area contributed by atoms with Crippen LogP contribution in [0.5, 0.6) is 0 Å². The average Bonchev–Trinajstić information content (AvgIpc) is 2.71. The van der Waals surface area contributed by atoms with E-state index in [1.165, 1.54) is 11.8 Å². The molecule has 6 nitrogen and oxygen atoms in total. The number of aryl methyl sites for hydroxylation is 1. The predicted molar refractivity (Wildman–Crippen MR) is 138 cm³/mol. The van der Waals surface area contributed by atoms with Crippen LogP contribution in [0, 0.1) is 6.92 Å². The Bertz CT molecular complexity index is 934. The number of nitrogens with zero attached hydrogens (tertiary/aromatic N) is 1. The van der Waals surface area contributed by atoms with Crippen LogP contribution >= 0.6 is 24.0 Å². The summed E-state index contributed by atoms with van der Waals surface area (Å²) < 4.78 is 29.4. The standard InChI is InChI=1S/C23H33N3O3S.HI/c1-5-24-23(25-14-9-15-29-19(3)21-10-7-6-8-11-21)26-17-20-12-13-22(18(2)16-20)30(4,27)28;/h6-8,10-13,16,19H,5,9,14-15,17H2,1-4H3,(H2,24,25,26);1H. The smallest absolute Gasteiger partial charge is 0.191 e. The molecule has 2 aromatic carbocycles. The molecule has 0 bridgehead atoms. The molecule has 1 unspecified atom stereocenters. The van der Waals surface area contributed by atoms with Gasteiger partial charge in [0.1, 0.15) is 0 Å². The van der Waals surface area contributed by atoms with E-state index in [2.05, 4.69) is 34.7 Å². The van der Waals surface area contributed by atoms with Crippen molar-refractivity contribution in [2.24, 2.45) is 4.99 Å². The Morgan fingerprint density at radius 3 is 2.45 bits per heavy atom. The highest BCUT2D eigenvalue weighted by Crippen LogP contribution is 2.17. The van der Waals surface area contributed by atoms with E-state index in [1.54, 1.807) is 6.07 Å². The van der Waals surface area contributed by atoms with Gasteiger partial charge in [0.05, 0.1) is 17.5 Å². The van der Waals surface area contributed by atoms with Gasteiger partial charge in [-0.25, -0.2) is 13.4 Å². The van der Waals surface area contributed by atoms with Crippen LogP contribution < -0.4 is 10.6 Å². The lowest BCUT2D eigenvalue weighted by Crippen LogP contribution is -2.38. The van der Waals surface area contributed by atoms with E-state index in [0.717, 1.165) is 36.6 Å². The summed E-state index contributed by atoms with van der Waals surface area (Å²) in [5.41, 5.74) is 2.89. The molecule has 0 saturated carbocycles. The predicted octanol–water partition coefficient (Wildman–Crippen LogP) is 4.24. The monoisotopic (exact) mass is 559 g/mol. The van der Waals surface area contributed by atoms with Gasteiger partial charge in [-0.2, -0.15) is 0 Å². The molecule has 31 heavy (non-hydrogen) atoms. The number of nitrogens with one attached hydrogen (secondary N) is 2. The molecular weight excluding hydrogens is 525 g/mol. The molecule has 0 aliphatic rings. The fraction of sp³-hybridized carbons (Fsp3) is 0.435. The van der Waals surface area contributed by atoms with Crippen LogP contribution in [0.15, 0.2) is 58.4 Å². The zero-order valence-electron chi connectivity index (χ0n) is 18.7. The lowest BCUT2D eigenvalue weighted by Gasteiger charge is -2.15. The Morgan fingerprint density at radius 1 is 1.13 bits per heavy atom. The maximum atomic E-state index is 11.8. The average molecular weight is 560 g/mol. The van der Waals surface area contributed by atoms with Crippen LogP contribution in [0.2, 0.25) is 0 Å². The number of benzene rings is 2. The summed E-state index contributed by atoms with van der Waals surface area (Å²) in [5, 5.41) is 6.55. The summed E-state index contributed by atoms with van der Waals surface area (Å²) >= 11 is 0. The number of sulfone groups is 1. The minimum Gasteiger partial charge on any atom is -0.374 e. The van der Waals surface area contributed by atoms with Gasteiger partial charge in [-0.15, -0.1) is 24.0 Å². The molecule has 1 atom stereocenters. The number of ether oxygens (including phenoxy) is 1. The number of aliphatic imine (C=N–C) groups is 1. The van der Waals surface area contributed by atoms with Crippen molar-refractivity contribution in [1.82, 2.24) is 10.6 Å². The minimum absolute atomic E-state index is 0. The number of halogens is 1. The fourth-order valence-corrected chi connectivity index (χ4v) is 4.06. The first-order valence-corrected chi connectivity index (χ1v) is 12.2. The Balaban J connectivity index is 0.00000480. The van der Waals surface area contributed by atoms with Gasteiger partial charge in [0.25, 0.3) is 0 Å². The lowest BCUT2D eigenvalue weighted by atomic mass is 10.1. The van der Waals surface area contributed by atoms with E-state index < -0.39 is 9.84 Å². The molecule has 0 aliphatic heterocycles. The molecular formula is C23H34IN3O3S. The molecule has 0 amide bonds. The van der Waals surface area contributed by atoms with E-state index in [1.807, 2.05) is 44.2 Å². The molecule has 2 aromatic rings. The second kappa shape index (κ2) is 13.7. The van der Waals surface area contributed by atoms with Gasteiger partial charge in [-0.05, 0) is 49.9 Å². The van der Waals surface area contributed by atoms with Gasteiger partial charge >= 0.3 is 0 Å². The Hall–Kier alpha value is -1.65. The third kappa shape index (κ3) is 9.57. The molecule has 172 valence electrons. The molecule has 2 rings (SSSR count). The van der Waals surface area contributed by atoms with E-state index in [-0.39, 0.29) is 30.1 Å². The van der Waals surface area contributed by atoms with E-state index in [0.29, 0.717) is 18.0 Å². The lowest BCUT2D eigenvalue weighted by molar-refractivity contribution is 0.0646. The topological polar surface area (TPSA) is 79.8 Å². The van der Waals surface area contributed by atoms with Gasteiger partial charge in [-0.3, -0.25) is 0 Å². The number of hydrogen-bond donors (Lipinski definition) is 2. The van der Waals surface area contributed by atoms with Gasteiger partial charge in [-0.1, -0.05) is 42.5 Å². The first-order chi connectivity index (χ1) is 14.3. The summed E-state index contributed by atoms with van der Waals surface area (Å²) in [6, 6.07) is 15.5. The number of hydrogen-bond acceptors (Lipinski definition) is 4. The summed E-state index contributed by atoms with van der Waals surface area (Å²) in [4.78, 5) is 4.97. The van der Waals surface area contributed by atoms with Crippen molar-refractivity contribution >= 4 is 39.8 Å². The van der Waals surface area contributed by atoms with E-state index in [4.69, 9.17) is 4.74 Å². The maximum absolute atomic E-state index is 11.8. The second-order valence-corrected chi connectivity index (χ2v) is 9.26. The van der Waals surface area contributed by atoms with Crippen molar-refractivity contribution in [3.8, 4) is 0 Å². The van der Waals surface area contributed by atoms with Crippen molar-refractivity contribution in [3.63, 3.8) is 0 Å². The second-order valence-electron chi connectivity index (χ2n) is 7.27. The van der Waals surface area contributed by atoms with Crippen LogP contribution in [0.25, 0.3) is 0 Å². The Kier molecular flexibility index (Phi) is 12.1. The zero-order valence-corrected chi connectivity index (χ0v) is 21.9. The summed E-state index contributed by atoms with van der Waals surface area (Å²) in [6.45, 7) is 8.54. The first-order valence-electron chi connectivity index (χ1n) is 10.3. The van der Waals surface area contributed by atoms with E-state index in [9.17, 15) is 8.42 Å². The Morgan fingerprint density at radius 2 is 1.84 bits per heavy atom. The minimum atomic E-state index is -3.20. The van der Waals surface area contributed by atoms with Crippen LogP contribution in [-0.4, -0.2) is 40.3 Å². The largest absolute Gasteiger partial charge is 0.374 e. The summed E-state index contributed by atoms with van der Waals surface area (Å²) in [5.74, 6) is 0.735. The van der Waals surface area contributed by atoms with Crippen molar-refractivity contribution in [2.75, 3.05) is 26.0 Å². The molecule has 0 spiro atoms. The highest BCUT2D eigenvalue weighted by molar-refractivity contribution is 14.0. The third-order valence-corrected chi connectivity index (χ3v) is 5.91. The third-order valence-electron chi connectivity index (χ3n) is 4.65. The van der Waals surface area contributed by atoms with Crippen LogP contribution in [0.1, 0.15) is 43.1 Å². The van der Waals surface area contributed by atoms with Crippen molar-refractivity contribution in [2.45, 2.75) is 44.7 Å². The maximum Gasteiger partial charge on any atom is 0.191 e. The highest BCUT2D eigenvalue weighted by atomic mass is 127. The molecule has 2 N–H and O–H groups in total. The van der Waals surface area contributed by atoms with Gasteiger partial charge < -0.3 is 15.4 Å².